The molecule has 3 heterocycles. The van der Waals surface area contributed by atoms with Crippen molar-refractivity contribution in [2.75, 3.05) is 12.0 Å². The molecule has 3 aliphatic heterocycles. The van der Waals surface area contributed by atoms with Crippen molar-refractivity contribution in [1.82, 2.24) is 0 Å². The first kappa shape index (κ1) is 30.0. The fraction of sp³-hybridized carbons (Fsp3) is 0.441. The van der Waals surface area contributed by atoms with Crippen LogP contribution in [0.25, 0.3) is 0 Å². The summed E-state index contributed by atoms with van der Waals surface area (Å²) in [4.78, 5) is 15.7. The van der Waals surface area contributed by atoms with Crippen LogP contribution in [0.3, 0.4) is 0 Å². The molecule has 2 saturated heterocycles. The molecule has 228 valence electrons. The molecule has 1 amide bonds. The van der Waals surface area contributed by atoms with Gasteiger partial charge >= 0.3 is 0 Å². The molecule has 3 unspecified atom stereocenters. The van der Waals surface area contributed by atoms with Crippen LogP contribution in [-0.4, -0.2) is 43.1 Å². The molecule has 0 saturated carbocycles. The van der Waals surface area contributed by atoms with E-state index in [0.29, 0.717) is 53.5 Å². The van der Waals surface area contributed by atoms with E-state index in [1.807, 2.05) is 74.5 Å². The lowest BCUT2D eigenvalue weighted by Crippen LogP contribution is -2.42. The molecule has 2 fully saturated rings. The molecular formula is C34H38ClNO6S. The number of hydrogen-bond acceptors (Lipinski definition) is 6. The zero-order valence-electron chi connectivity index (χ0n) is 24.9. The number of aliphatic hydroxyl groups is 1. The van der Waals surface area contributed by atoms with Crippen molar-refractivity contribution >= 4 is 33.0 Å². The number of nitrogens with zero attached hydrogens (tertiary/aromatic N) is 1. The van der Waals surface area contributed by atoms with Crippen LogP contribution < -0.4 is 14.4 Å². The normalized spacial score (nSPS) is 25.7. The topological polar surface area (TPSA) is 93.1 Å². The largest absolute Gasteiger partial charge is 0.493 e. The van der Waals surface area contributed by atoms with Crippen LogP contribution >= 0.6 is 11.6 Å². The number of fused-ring (bicyclic) bond motifs is 3. The van der Waals surface area contributed by atoms with Crippen molar-refractivity contribution in [3.63, 3.8) is 0 Å². The average Bonchev–Trinajstić information content (AvgIpc) is 3.12. The third kappa shape index (κ3) is 5.32. The molecule has 3 aromatic rings. The van der Waals surface area contributed by atoms with E-state index in [1.54, 1.807) is 18.9 Å². The van der Waals surface area contributed by atoms with Gasteiger partial charge in [-0.3, -0.25) is 4.79 Å². The Morgan fingerprint density at radius 2 is 1.60 bits per heavy atom. The zero-order valence-corrected chi connectivity index (χ0v) is 26.5. The molecule has 0 aliphatic carbocycles. The Bertz CT molecular complexity index is 1610. The van der Waals surface area contributed by atoms with Gasteiger partial charge in [-0.15, -0.1) is 0 Å². The SMILES string of the molecule is COc1cc2c(cc1OC(C)C)[C@H](c1ccc(Cl)cc1)N(c1ccc(C(C)(O)C3CC4CCC(C3)S4(=O)=O)cc1)C(=O)C2. The lowest BCUT2D eigenvalue weighted by atomic mass is 9.78. The third-order valence-corrected chi connectivity index (χ3v) is 12.5. The number of anilines is 1. The quantitative estimate of drug-likeness (QED) is 0.328. The van der Waals surface area contributed by atoms with E-state index in [4.69, 9.17) is 21.1 Å². The second kappa shape index (κ2) is 11.1. The number of ether oxygens (including phenoxy) is 2. The highest BCUT2D eigenvalue weighted by molar-refractivity contribution is 7.93. The number of halogens is 1. The minimum absolute atomic E-state index is 0.0675. The first-order valence-corrected chi connectivity index (χ1v) is 16.9. The van der Waals surface area contributed by atoms with Gasteiger partial charge in [-0.1, -0.05) is 35.9 Å². The molecule has 0 spiro atoms. The molecular weight excluding hydrogens is 586 g/mol. The van der Waals surface area contributed by atoms with Gasteiger partial charge in [0.25, 0.3) is 0 Å². The molecule has 43 heavy (non-hydrogen) atoms. The fourth-order valence-corrected chi connectivity index (χ4v) is 9.79. The van der Waals surface area contributed by atoms with E-state index in [9.17, 15) is 18.3 Å². The van der Waals surface area contributed by atoms with Crippen LogP contribution in [0.5, 0.6) is 11.5 Å². The highest BCUT2D eigenvalue weighted by Gasteiger charge is 2.51. The van der Waals surface area contributed by atoms with Gasteiger partial charge in [0.05, 0.1) is 41.8 Å². The summed E-state index contributed by atoms with van der Waals surface area (Å²) in [5, 5.41) is 11.6. The summed E-state index contributed by atoms with van der Waals surface area (Å²) in [6, 6.07) is 18.4. The van der Waals surface area contributed by atoms with Crippen molar-refractivity contribution in [3.05, 3.63) is 87.9 Å². The molecule has 1 N–H and O–H groups in total. The molecule has 2 bridgehead atoms. The second-order valence-corrected chi connectivity index (χ2v) is 15.5. The van der Waals surface area contributed by atoms with Gasteiger partial charge in [0, 0.05) is 10.7 Å². The lowest BCUT2D eigenvalue weighted by Gasteiger charge is -2.40. The standard InChI is InChI=1S/C34H38ClNO6S/c1-20(2)42-31-19-29-22(15-30(31)41-4)16-32(37)36(33(29)21-5-9-25(35)10-6-21)26-11-7-23(8-12-26)34(3,38)24-17-27-13-14-28(18-24)43(27,39)40/h5-12,15,19-20,24,27-28,33,38H,13-14,16-18H2,1-4H3/t24?,27?,28?,33-,34?/m0/s1. The Labute approximate surface area is 258 Å². The predicted molar refractivity (Wildman–Crippen MR) is 168 cm³/mol. The monoisotopic (exact) mass is 623 g/mol. The van der Waals surface area contributed by atoms with Crippen LogP contribution in [-0.2, 0) is 26.7 Å². The molecule has 9 heteroatoms. The maximum Gasteiger partial charge on any atom is 0.232 e. The Kier molecular flexibility index (Phi) is 7.76. The highest BCUT2D eigenvalue weighted by atomic mass is 35.5. The Morgan fingerprint density at radius 3 is 2.19 bits per heavy atom. The Morgan fingerprint density at radius 1 is 0.977 bits per heavy atom. The smallest absolute Gasteiger partial charge is 0.232 e. The molecule has 6 rings (SSSR count). The van der Waals surface area contributed by atoms with Crippen LogP contribution in [0, 0.1) is 5.92 Å². The van der Waals surface area contributed by atoms with Crippen LogP contribution in [0.2, 0.25) is 5.02 Å². The summed E-state index contributed by atoms with van der Waals surface area (Å²) >= 11 is 6.24. The predicted octanol–water partition coefficient (Wildman–Crippen LogP) is 6.38. The molecule has 7 nitrogen and oxygen atoms in total. The van der Waals surface area contributed by atoms with Crippen LogP contribution in [0.1, 0.15) is 74.8 Å². The summed E-state index contributed by atoms with van der Waals surface area (Å²) in [6.07, 6.45) is 2.42. The lowest BCUT2D eigenvalue weighted by molar-refractivity contribution is -0.118. The molecule has 3 aromatic carbocycles. The average molecular weight is 624 g/mol. The first-order chi connectivity index (χ1) is 20.4. The number of rotatable bonds is 7. The highest BCUT2D eigenvalue weighted by Crippen LogP contribution is 2.48. The van der Waals surface area contributed by atoms with Gasteiger partial charge in [0.1, 0.15) is 0 Å². The van der Waals surface area contributed by atoms with Crippen LogP contribution in [0.15, 0.2) is 60.7 Å². The zero-order chi connectivity index (χ0) is 30.7. The van der Waals surface area contributed by atoms with Crippen molar-refractivity contribution in [2.45, 2.75) is 81.1 Å². The number of carbonyl (C=O) groups is 1. The van der Waals surface area contributed by atoms with E-state index in [2.05, 4.69) is 0 Å². The van der Waals surface area contributed by atoms with Gasteiger partial charge in [-0.05, 0) is 111 Å². The summed E-state index contributed by atoms with van der Waals surface area (Å²) < 4.78 is 37.0. The van der Waals surface area contributed by atoms with E-state index in [0.717, 1.165) is 16.7 Å². The first-order valence-electron chi connectivity index (χ1n) is 14.9. The molecule has 4 atom stereocenters. The van der Waals surface area contributed by atoms with Crippen molar-refractivity contribution in [2.24, 2.45) is 5.92 Å². The number of amides is 1. The maximum atomic E-state index is 13.9. The van der Waals surface area contributed by atoms with E-state index in [1.165, 1.54) is 0 Å². The Balaban J connectivity index is 1.38. The van der Waals surface area contributed by atoms with Gasteiger partial charge in [-0.2, -0.15) is 0 Å². The summed E-state index contributed by atoms with van der Waals surface area (Å²) in [7, 11) is -1.49. The summed E-state index contributed by atoms with van der Waals surface area (Å²) in [6.45, 7) is 5.70. The number of sulfone groups is 1. The third-order valence-electron chi connectivity index (χ3n) is 9.50. The van der Waals surface area contributed by atoms with E-state index < -0.39 is 21.5 Å². The van der Waals surface area contributed by atoms with Gasteiger partial charge in [-0.25, -0.2) is 8.42 Å². The van der Waals surface area contributed by atoms with Crippen molar-refractivity contribution in [1.29, 1.82) is 0 Å². The number of carbonyl (C=O) groups excluding carboxylic acids is 1. The van der Waals surface area contributed by atoms with E-state index >= 15 is 0 Å². The number of hydrogen-bond donors (Lipinski definition) is 1. The van der Waals surface area contributed by atoms with Gasteiger partial charge in [0.2, 0.25) is 5.91 Å². The minimum atomic E-state index is -3.09. The second-order valence-electron chi connectivity index (χ2n) is 12.5. The van der Waals surface area contributed by atoms with Gasteiger partial charge < -0.3 is 19.5 Å². The number of benzene rings is 3. The number of methoxy groups -OCH3 is 1. The fourth-order valence-electron chi connectivity index (χ4n) is 7.19. The minimum Gasteiger partial charge on any atom is -0.493 e. The Hall–Kier alpha value is -3.07. The summed E-state index contributed by atoms with van der Waals surface area (Å²) in [5.41, 5.74) is 2.93. The van der Waals surface area contributed by atoms with Crippen molar-refractivity contribution < 1.29 is 27.8 Å². The maximum absolute atomic E-state index is 13.9. The van der Waals surface area contributed by atoms with Gasteiger partial charge in [0.15, 0.2) is 21.3 Å². The molecule has 0 radical (unpaired) electrons. The van der Waals surface area contributed by atoms with Crippen LogP contribution in [0.4, 0.5) is 5.69 Å². The summed E-state index contributed by atoms with van der Waals surface area (Å²) in [5.74, 6) is 0.970. The van der Waals surface area contributed by atoms with E-state index in [-0.39, 0.29) is 34.8 Å². The molecule has 3 aliphatic rings. The molecule has 0 aromatic heterocycles. The van der Waals surface area contributed by atoms with Crippen molar-refractivity contribution in [3.8, 4) is 11.5 Å².